The van der Waals surface area contributed by atoms with E-state index in [0.29, 0.717) is 17.5 Å². The van der Waals surface area contributed by atoms with Crippen molar-refractivity contribution in [3.8, 4) is 11.5 Å². The van der Waals surface area contributed by atoms with Crippen LogP contribution in [0.3, 0.4) is 0 Å². The molecule has 106 valence electrons. The lowest BCUT2D eigenvalue weighted by molar-refractivity contribution is -0.136. The molecule has 1 aromatic heterocycles. The number of aliphatic carboxylic acids is 1. The highest BCUT2D eigenvalue weighted by molar-refractivity contribution is 7.99. The maximum absolute atomic E-state index is 10.6. The molecule has 0 saturated carbocycles. The molecule has 2 aromatic rings. The molecule has 0 spiro atoms. The molecule has 0 saturated heterocycles. The van der Waals surface area contributed by atoms with E-state index in [1.807, 2.05) is 38.1 Å². The van der Waals surface area contributed by atoms with Crippen LogP contribution in [-0.2, 0) is 10.5 Å². The Balaban J connectivity index is 1.97. The van der Waals surface area contributed by atoms with Crippen LogP contribution in [0, 0.1) is 6.92 Å². The van der Waals surface area contributed by atoms with Gasteiger partial charge in [-0.1, -0.05) is 24.6 Å². The minimum Gasteiger partial charge on any atom is -0.481 e. The summed E-state index contributed by atoms with van der Waals surface area (Å²) in [6, 6.07) is 7.85. The summed E-state index contributed by atoms with van der Waals surface area (Å²) in [5.41, 5.74) is 2.03. The van der Waals surface area contributed by atoms with Crippen LogP contribution in [0.5, 0.6) is 0 Å². The van der Waals surface area contributed by atoms with E-state index in [0.717, 1.165) is 11.1 Å². The van der Waals surface area contributed by atoms with Crippen molar-refractivity contribution in [2.24, 2.45) is 0 Å². The van der Waals surface area contributed by atoms with Gasteiger partial charge in [-0.25, -0.2) is 0 Å². The van der Waals surface area contributed by atoms with Crippen molar-refractivity contribution in [3.63, 3.8) is 0 Å². The van der Waals surface area contributed by atoms with E-state index in [9.17, 15) is 4.79 Å². The van der Waals surface area contributed by atoms with Crippen LogP contribution in [0.15, 0.2) is 28.7 Å². The normalized spacial score (nSPS) is 12.3. The summed E-state index contributed by atoms with van der Waals surface area (Å²) in [5.74, 6) is 0.739. The fraction of sp³-hybridized carbons (Fsp3) is 0.357. The number of nitrogens with zero attached hydrogens (tertiary/aromatic N) is 2. The van der Waals surface area contributed by atoms with Gasteiger partial charge in [0.25, 0.3) is 0 Å². The molecule has 20 heavy (non-hydrogen) atoms. The monoisotopic (exact) mass is 292 g/mol. The van der Waals surface area contributed by atoms with Crippen LogP contribution in [0.2, 0.25) is 0 Å². The first-order valence-electron chi connectivity index (χ1n) is 6.27. The Kier molecular flexibility index (Phi) is 4.79. The number of hydrogen-bond acceptors (Lipinski definition) is 5. The summed E-state index contributed by atoms with van der Waals surface area (Å²) < 4.78 is 5.59. The number of carboxylic acids is 1. The highest BCUT2D eigenvalue weighted by Crippen LogP contribution is 2.23. The molecule has 1 aromatic carbocycles. The molecule has 1 heterocycles. The van der Waals surface area contributed by atoms with E-state index in [2.05, 4.69) is 10.2 Å². The zero-order valence-corrected chi connectivity index (χ0v) is 12.2. The molecule has 0 aliphatic rings. The summed E-state index contributed by atoms with van der Waals surface area (Å²) in [7, 11) is 0. The minimum atomic E-state index is -0.795. The van der Waals surface area contributed by atoms with Crippen molar-refractivity contribution in [3.05, 3.63) is 35.7 Å². The molecule has 0 aliphatic carbocycles. The van der Waals surface area contributed by atoms with E-state index in [4.69, 9.17) is 9.52 Å². The zero-order chi connectivity index (χ0) is 14.5. The molecule has 5 nitrogen and oxygen atoms in total. The highest BCUT2D eigenvalue weighted by atomic mass is 32.2. The Bertz CT molecular complexity index is 598. The van der Waals surface area contributed by atoms with Gasteiger partial charge in [0.15, 0.2) is 0 Å². The number of thioether (sulfide) groups is 1. The van der Waals surface area contributed by atoms with E-state index in [1.165, 1.54) is 11.8 Å². The third kappa shape index (κ3) is 4.09. The second-order valence-electron chi connectivity index (χ2n) is 4.59. The van der Waals surface area contributed by atoms with Gasteiger partial charge in [0.05, 0.1) is 12.2 Å². The molecule has 0 aliphatic heterocycles. The first kappa shape index (κ1) is 14.6. The maximum atomic E-state index is 10.6. The highest BCUT2D eigenvalue weighted by Gasteiger charge is 2.12. The van der Waals surface area contributed by atoms with Gasteiger partial charge in [-0.2, -0.15) is 0 Å². The van der Waals surface area contributed by atoms with Crippen molar-refractivity contribution in [1.82, 2.24) is 10.2 Å². The summed E-state index contributed by atoms with van der Waals surface area (Å²) >= 11 is 1.49. The predicted molar refractivity (Wildman–Crippen MR) is 77.5 cm³/mol. The van der Waals surface area contributed by atoms with Crippen LogP contribution in [0.4, 0.5) is 0 Å². The van der Waals surface area contributed by atoms with Crippen molar-refractivity contribution in [1.29, 1.82) is 0 Å². The van der Waals surface area contributed by atoms with Gasteiger partial charge in [0.1, 0.15) is 0 Å². The molecule has 0 fully saturated rings. The standard InChI is InChI=1S/C14H16N2O3S/c1-9-4-3-5-11(6-9)14-16-15-12(19-14)8-20-10(2)7-13(17)18/h3-6,10H,7-8H2,1-2H3,(H,17,18). The van der Waals surface area contributed by atoms with E-state index >= 15 is 0 Å². The van der Waals surface area contributed by atoms with Crippen LogP contribution >= 0.6 is 11.8 Å². The Hall–Kier alpha value is -1.82. The van der Waals surface area contributed by atoms with Gasteiger partial charge in [0, 0.05) is 10.8 Å². The van der Waals surface area contributed by atoms with Crippen LogP contribution in [-0.4, -0.2) is 26.5 Å². The van der Waals surface area contributed by atoms with Crippen LogP contribution in [0.25, 0.3) is 11.5 Å². The van der Waals surface area contributed by atoms with Gasteiger partial charge < -0.3 is 9.52 Å². The largest absolute Gasteiger partial charge is 0.481 e. The third-order valence-corrected chi connectivity index (χ3v) is 3.83. The Morgan fingerprint density at radius 1 is 1.45 bits per heavy atom. The molecule has 0 amide bonds. The lowest BCUT2D eigenvalue weighted by Crippen LogP contribution is -2.05. The van der Waals surface area contributed by atoms with Gasteiger partial charge in [-0.05, 0) is 19.1 Å². The number of carbonyl (C=O) groups is 1. The Morgan fingerprint density at radius 2 is 2.25 bits per heavy atom. The summed E-state index contributed by atoms with van der Waals surface area (Å²) in [4.78, 5) is 10.6. The second-order valence-corrected chi connectivity index (χ2v) is 6.02. The van der Waals surface area contributed by atoms with E-state index in [1.54, 1.807) is 0 Å². The molecule has 0 bridgehead atoms. The van der Waals surface area contributed by atoms with Gasteiger partial charge >= 0.3 is 5.97 Å². The average Bonchev–Trinajstić information content (AvgIpc) is 2.84. The van der Waals surface area contributed by atoms with Crippen LogP contribution in [0.1, 0.15) is 24.8 Å². The summed E-state index contributed by atoms with van der Waals surface area (Å²) in [6.07, 6.45) is 0.129. The number of hydrogen-bond donors (Lipinski definition) is 1. The second kappa shape index (κ2) is 6.56. The molecule has 1 atom stereocenters. The van der Waals surface area contributed by atoms with E-state index in [-0.39, 0.29) is 11.7 Å². The maximum Gasteiger partial charge on any atom is 0.304 e. The first-order chi connectivity index (χ1) is 9.54. The fourth-order valence-electron chi connectivity index (χ4n) is 1.73. The number of rotatable bonds is 6. The topological polar surface area (TPSA) is 76.2 Å². The Labute approximate surface area is 121 Å². The number of aryl methyl sites for hydroxylation is 1. The SMILES string of the molecule is Cc1cccc(-c2nnc(CSC(C)CC(=O)O)o2)c1. The number of aromatic nitrogens is 2. The summed E-state index contributed by atoms with van der Waals surface area (Å²) in [6.45, 7) is 3.88. The first-order valence-corrected chi connectivity index (χ1v) is 7.32. The van der Waals surface area contributed by atoms with Crippen molar-refractivity contribution < 1.29 is 14.3 Å². The lowest BCUT2D eigenvalue weighted by atomic mass is 10.1. The van der Waals surface area contributed by atoms with Gasteiger partial charge in [-0.15, -0.1) is 22.0 Å². The molecule has 1 unspecified atom stereocenters. The Morgan fingerprint density at radius 3 is 2.95 bits per heavy atom. The molecular weight excluding hydrogens is 276 g/mol. The lowest BCUT2D eigenvalue weighted by Gasteiger charge is -2.05. The molecular formula is C14H16N2O3S. The molecule has 1 N–H and O–H groups in total. The predicted octanol–water partition coefficient (Wildman–Crippen LogP) is 3.14. The van der Waals surface area contributed by atoms with Gasteiger partial charge in [0.2, 0.25) is 11.8 Å². The van der Waals surface area contributed by atoms with Crippen molar-refractivity contribution in [2.75, 3.05) is 0 Å². The quantitative estimate of drug-likeness (QED) is 0.881. The number of benzene rings is 1. The molecule has 6 heteroatoms. The summed E-state index contributed by atoms with van der Waals surface area (Å²) in [5, 5.41) is 16.7. The average molecular weight is 292 g/mol. The number of carboxylic acid groups (broad SMARTS) is 1. The van der Waals surface area contributed by atoms with Crippen LogP contribution < -0.4 is 0 Å². The third-order valence-electron chi connectivity index (χ3n) is 2.69. The van der Waals surface area contributed by atoms with Crippen molar-refractivity contribution in [2.45, 2.75) is 31.3 Å². The molecule has 0 radical (unpaired) electrons. The zero-order valence-electron chi connectivity index (χ0n) is 11.4. The van der Waals surface area contributed by atoms with Crippen molar-refractivity contribution >= 4 is 17.7 Å². The minimum absolute atomic E-state index is 0.0156. The fourth-order valence-corrected chi connectivity index (χ4v) is 2.53. The molecule has 2 rings (SSSR count). The van der Waals surface area contributed by atoms with Gasteiger partial charge in [-0.3, -0.25) is 4.79 Å². The smallest absolute Gasteiger partial charge is 0.304 e. The van der Waals surface area contributed by atoms with E-state index < -0.39 is 5.97 Å².